The van der Waals surface area contributed by atoms with Crippen molar-refractivity contribution in [1.82, 2.24) is 0 Å². The molecule has 0 radical (unpaired) electrons. The fourth-order valence-corrected chi connectivity index (χ4v) is 2.33. The third-order valence-corrected chi connectivity index (χ3v) is 3.32. The molecule has 92 valence electrons. The first-order valence-electron chi connectivity index (χ1n) is 4.97. The quantitative estimate of drug-likeness (QED) is 0.468. The molecule has 5 heteroatoms. The van der Waals surface area contributed by atoms with Crippen molar-refractivity contribution in [3.63, 3.8) is 0 Å². The van der Waals surface area contributed by atoms with E-state index in [1.54, 1.807) is 25.1 Å². The molecule has 0 spiro atoms. The van der Waals surface area contributed by atoms with Crippen LogP contribution < -0.4 is 0 Å². The Morgan fingerprint density at radius 2 is 1.94 bits per heavy atom. The summed E-state index contributed by atoms with van der Waals surface area (Å²) < 4.78 is 4.69. The van der Waals surface area contributed by atoms with Gasteiger partial charge in [0.25, 0.3) is 0 Å². The van der Waals surface area contributed by atoms with Crippen LogP contribution in [0.1, 0.15) is 33.2 Å². The molecule has 0 aliphatic rings. The molecule has 1 atom stereocenters. The molecule has 0 saturated carbocycles. The molecular weight excluding hydrogens is 352 g/mol. The summed E-state index contributed by atoms with van der Waals surface area (Å²) in [6, 6.07) is 5.04. The van der Waals surface area contributed by atoms with Crippen LogP contribution in [0.5, 0.6) is 0 Å². The average molecular weight is 364 g/mol. The topological polar surface area (TPSA) is 43.4 Å². The molecular formula is C12H12Br2O3. The zero-order chi connectivity index (χ0) is 13.0. The number of methoxy groups -OCH3 is 1. The zero-order valence-electron chi connectivity index (χ0n) is 9.50. The van der Waals surface area contributed by atoms with Crippen LogP contribution in [0.4, 0.5) is 0 Å². The van der Waals surface area contributed by atoms with Gasteiger partial charge < -0.3 is 4.74 Å². The zero-order valence-corrected chi connectivity index (χ0v) is 12.7. The summed E-state index contributed by atoms with van der Waals surface area (Å²) in [5.74, 6) is -0.485. The summed E-state index contributed by atoms with van der Waals surface area (Å²) in [5.41, 5.74) is 1.62. The minimum absolute atomic E-state index is 0.0507. The molecule has 0 fully saturated rings. The van der Waals surface area contributed by atoms with Crippen LogP contribution >= 0.6 is 31.9 Å². The molecule has 3 nitrogen and oxygen atoms in total. The second kappa shape index (κ2) is 6.31. The van der Waals surface area contributed by atoms with Gasteiger partial charge in [0.15, 0.2) is 5.78 Å². The van der Waals surface area contributed by atoms with E-state index in [-0.39, 0.29) is 10.6 Å². The summed E-state index contributed by atoms with van der Waals surface area (Å²) in [4.78, 5) is 23.3. The third kappa shape index (κ3) is 3.16. The molecule has 1 aromatic carbocycles. The minimum Gasteiger partial charge on any atom is -0.465 e. The Hall–Kier alpha value is -0.680. The predicted octanol–water partition coefficient (Wildman–Crippen LogP) is 3.33. The summed E-state index contributed by atoms with van der Waals surface area (Å²) in [6.07, 6.45) is 0. The monoisotopic (exact) mass is 362 g/mol. The lowest BCUT2D eigenvalue weighted by Crippen LogP contribution is -2.15. The van der Waals surface area contributed by atoms with E-state index in [4.69, 9.17) is 4.74 Å². The Balaban J connectivity index is 3.33. The smallest absolute Gasteiger partial charge is 0.338 e. The Bertz CT molecular complexity index is 441. The standard InChI is InChI=1S/C12H12Br2O3/c1-7(14)11(15)8-4-3-5-9(10(8)6-13)12(16)17-2/h3-5,7H,6H2,1-2H3. The van der Waals surface area contributed by atoms with Crippen molar-refractivity contribution in [2.45, 2.75) is 17.1 Å². The van der Waals surface area contributed by atoms with Gasteiger partial charge in [0.2, 0.25) is 0 Å². The summed E-state index contributed by atoms with van der Waals surface area (Å²) in [5, 5.41) is 0.430. The maximum Gasteiger partial charge on any atom is 0.338 e. The largest absolute Gasteiger partial charge is 0.465 e. The number of Topliss-reactive ketones (excluding diaryl/α,β-unsaturated/α-hetero) is 1. The molecule has 0 amide bonds. The van der Waals surface area contributed by atoms with E-state index in [2.05, 4.69) is 31.9 Å². The van der Waals surface area contributed by atoms with E-state index < -0.39 is 5.97 Å². The third-order valence-electron chi connectivity index (χ3n) is 2.34. The number of ether oxygens (including phenoxy) is 1. The second-order valence-corrected chi connectivity index (χ2v) is 5.37. The van der Waals surface area contributed by atoms with E-state index in [1.807, 2.05) is 0 Å². The first-order chi connectivity index (χ1) is 8.02. The van der Waals surface area contributed by atoms with Crippen LogP contribution in [-0.2, 0) is 10.1 Å². The Morgan fingerprint density at radius 1 is 1.35 bits per heavy atom. The van der Waals surface area contributed by atoms with Crippen LogP contribution in [0.2, 0.25) is 0 Å². The van der Waals surface area contributed by atoms with E-state index in [1.165, 1.54) is 7.11 Å². The van der Waals surface area contributed by atoms with Crippen LogP contribution in [0.25, 0.3) is 0 Å². The number of carbonyl (C=O) groups excluding carboxylic acids is 2. The van der Waals surface area contributed by atoms with E-state index in [0.29, 0.717) is 22.0 Å². The average Bonchev–Trinajstić information content (AvgIpc) is 2.35. The number of esters is 1. The maximum atomic E-state index is 12.0. The van der Waals surface area contributed by atoms with Crippen molar-refractivity contribution in [2.75, 3.05) is 7.11 Å². The second-order valence-electron chi connectivity index (χ2n) is 3.44. The first kappa shape index (κ1) is 14.4. The van der Waals surface area contributed by atoms with Crippen LogP contribution in [0.3, 0.4) is 0 Å². The van der Waals surface area contributed by atoms with Crippen LogP contribution in [0, 0.1) is 0 Å². The maximum absolute atomic E-state index is 12.0. The Labute approximate surface area is 117 Å². The van der Waals surface area contributed by atoms with Crippen molar-refractivity contribution >= 4 is 43.6 Å². The molecule has 0 saturated heterocycles. The normalized spacial score (nSPS) is 12.0. The van der Waals surface area contributed by atoms with Gasteiger partial charge in [-0.05, 0) is 18.6 Å². The van der Waals surface area contributed by atoms with Gasteiger partial charge in [0, 0.05) is 10.9 Å². The number of rotatable bonds is 4. The SMILES string of the molecule is COC(=O)c1cccc(C(=O)C(C)Br)c1CBr. The highest BCUT2D eigenvalue weighted by atomic mass is 79.9. The van der Waals surface area contributed by atoms with Gasteiger partial charge >= 0.3 is 5.97 Å². The van der Waals surface area contributed by atoms with Gasteiger partial charge in [0.05, 0.1) is 17.5 Å². The fourth-order valence-electron chi connectivity index (χ4n) is 1.48. The molecule has 0 aliphatic carbocycles. The number of carbonyl (C=O) groups is 2. The molecule has 0 bridgehead atoms. The lowest BCUT2D eigenvalue weighted by Gasteiger charge is -2.11. The van der Waals surface area contributed by atoms with Crippen LogP contribution in [-0.4, -0.2) is 23.7 Å². The Kier molecular flexibility index (Phi) is 5.33. The van der Waals surface area contributed by atoms with Gasteiger partial charge in [0.1, 0.15) is 0 Å². The highest BCUT2D eigenvalue weighted by Crippen LogP contribution is 2.22. The molecule has 1 unspecified atom stereocenters. The first-order valence-corrected chi connectivity index (χ1v) is 7.01. The van der Waals surface area contributed by atoms with Gasteiger partial charge in [-0.2, -0.15) is 0 Å². The number of ketones is 1. The molecule has 0 aliphatic heterocycles. The highest BCUT2D eigenvalue weighted by molar-refractivity contribution is 9.10. The molecule has 0 aromatic heterocycles. The van der Waals surface area contributed by atoms with Crippen LogP contribution in [0.15, 0.2) is 18.2 Å². The number of hydrogen-bond acceptors (Lipinski definition) is 3. The van der Waals surface area contributed by atoms with Gasteiger partial charge in [-0.3, -0.25) is 4.79 Å². The van der Waals surface area contributed by atoms with Crippen molar-refractivity contribution < 1.29 is 14.3 Å². The van der Waals surface area contributed by atoms with Crippen molar-refractivity contribution in [3.8, 4) is 0 Å². The number of alkyl halides is 2. The van der Waals surface area contributed by atoms with Crippen molar-refractivity contribution in [2.24, 2.45) is 0 Å². The van der Waals surface area contributed by atoms with Crippen molar-refractivity contribution in [1.29, 1.82) is 0 Å². The van der Waals surface area contributed by atoms with Gasteiger partial charge in [-0.25, -0.2) is 4.79 Å². The van der Waals surface area contributed by atoms with E-state index in [0.717, 1.165) is 0 Å². The lowest BCUT2D eigenvalue weighted by atomic mass is 9.98. The number of halogens is 2. The molecule has 1 aromatic rings. The fraction of sp³-hybridized carbons (Fsp3) is 0.333. The molecule has 0 heterocycles. The minimum atomic E-state index is -0.434. The van der Waals surface area contributed by atoms with Crippen molar-refractivity contribution in [3.05, 3.63) is 34.9 Å². The number of hydrogen-bond donors (Lipinski definition) is 0. The molecule has 0 N–H and O–H groups in total. The summed E-state index contributed by atoms with van der Waals surface area (Å²) in [6.45, 7) is 1.76. The van der Waals surface area contributed by atoms with E-state index in [9.17, 15) is 9.59 Å². The molecule has 1 rings (SSSR count). The Morgan fingerprint density at radius 3 is 2.41 bits per heavy atom. The predicted molar refractivity (Wildman–Crippen MR) is 73.1 cm³/mol. The summed E-state index contributed by atoms with van der Waals surface area (Å²) in [7, 11) is 1.32. The highest BCUT2D eigenvalue weighted by Gasteiger charge is 2.20. The number of benzene rings is 1. The summed E-state index contributed by atoms with van der Waals surface area (Å²) >= 11 is 6.54. The molecule has 17 heavy (non-hydrogen) atoms. The lowest BCUT2D eigenvalue weighted by molar-refractivity contribution is 0.0600. The van der Waals surface area contributed by atoms with Gasteiger partial charge in [-0.15, -0.1) is 0 Å². The van der Waals surface area contributed by atoms with Gasteiger partial charge in [-0.1, -0.05) is 44.0 Å². The van der Waals surface area contributed by atoms with E-state index >= 15 is 0 Å².